The van der Waals surface area contributed by atoms with E-state index in [9.17, 15) is 0 Å². The van der Waals surface area contributed by atoms with Crippen molar-refractivity contribution in [1.82, 2.24) is 0 Å². The minimum atomic E-state index is 0.919. The molecule has 0 aliphatic heterocycles. The van der Waals surface area contributed by atoms with Crippen LogP contribution in [0.25, 0.3) is 0 Å². The van der Waals surface area contributed by atoms with Gasteiger partial charge in [0.25, 0.3) is 0 Å². The van der Waals surface area contributed by atoms with Crippen LogP contribution < -0.4 is 0 Å². The Bertz CT molecular complexity index is 164. The molecule has 0 unspecified atom stereocenters. The molecule has 0 N–H and O–H groups in total. The van der Waals surface area contributed by atoms with Crippen LogP contribution in [0.3, 0.4) is 0 Å². The molecule has 0 aromatic heterocycles. The Morgan fingerprint density at radius 2 is 2.20 bits per heavy atom. The predicted octanol–water partition coefficient (Wildman–Crippen LogP) is 3.34. The van der Waals surface area contributed by atoms with Gasteiger partial charge in [0.05, 0.1) is 0 Å². The van der Waals surface area contributed by atoms with Gasteiger partial charge in [-0.05, 0) is 19.4 Å². The van der Waals surface area contributed by atoms with Gasteiger partial charge in [-0.2, -0.15) is 0 Å². The summed E-state index contributed by atoms with van der Waals surface area (Å²) >= 11 is 4.16. The largest absolute Gasteiger partial charge is 0.143 e. The minimum Gasteiger partial charge on any atom is -0.143 e. The third-order valence-corrected chi connectivity index (χ3v) is 1.42. The molecule has 0 atom stereocenters. The second-order valence-corrected chi connectivity index (χ2v) is 2.65. The highest BCUT2D eigenvalue weighted by Gasteiger charge is 1.82. The van der Waals surface area contributed by atoms with E-state index in [1.165, 1.54) is 5.57 Å². The molecule has 0 nitrogen and oxygen atoms in total. The van der Waals surface area contributed by atoms with Gasteiger partial charge in [-0.1, -0.05) is 31.2 Å². The molecule has 10 heavy (non-hydrogen) atoms. The fourth-order valence-electron chi connectivity index (χ4n) is 0.673. The highest BCUT2D eigenvalue weighted by molar-refractivity contribution is 7.84. The van der Waals surface area contributed by atoms with E-state index in [4.69, 9.17) is 0 Å². The zero-order valence-electron chi connectivity index (χ0n) is 6.59. The molecule has 0 aliphatic rings. The summed E-state index contributed by atoms with van der Waals surface area (Å²) in [5.41, 5.74) is 1.24. The molecule has 0 aromatic rings. The maximum absolute atomic E-state index is 4.16. The van der Waals surface area contributed by atoms with Gasteiger partial charge in [-0.3, -0.25) is 0 Å². The fourth-order valence-corrected chi connectivity index (χ4v) is 0.877. The first kappa shape index (κ1) is 9.57. The van der Waals surface area contributed by atoms with Gasteiger partial charge in [-0.25, -0.2) is 0 Å². The van der Waals surface area contributed by atoms with E-state index in [0.717, 1.165) is 11.3 Å². The van der Waals surface area contributed by atoms with Gasteiger partial charge in [0, 0.05) is 4.91 Å². The highest BCUT2D eigenvalue weighted by Crippen LogP contribution is 2.06. The predicted molar refractivity (Wildman–Crippen MR) is 51.3 cm³/mol. The van der Waals surface area contributed by atoms with Gasteiger partial charge in [0.15, 0.2) is 0 Å². The van der Waals surface area contributed by atoms with Crippen molar-refractivity contribution >= 4 is 12.6 Å². The molecule has 0 saturated heterocycles. The molecule has 0 amide bonds. The first-order chi connectivity index (χ1) is 4.70. The quantitative estimate of drug-likeness (QED) is 0.468. The van der Waals surface area contributed by atoms with Gasteiger partial charge >= 0.3 is 0 Å². The number of rotatable bonds is 3. The van der Waals surface area contributed by atoms with Crippen LogP contribution in [0.15, 0.2) is 35.3 Å². The molecule has 0 spiro atoms. The van der Waals surface area contributed by atoms with Crippen molar-refractivity contribution in [1.29, 1.82) is 0 Å². The maximum atomic E-state index is 4.16. The van der Waals surface area contributed by atoms with Crippen molar-refractivity contribution in [2.45, 2.75) is 20.3 Å². The van der Waals surface area contributed by atoms with Crippen molar-refractivity contribution < 1.29 is 0 Å². The van der Waals surface area contributed by atoms with Crippen molar-refractivity contribution in [3.05, 3.63) is 35.3 Å². The molecule has 1 heteroatoms. The van der Waals surface area contributed by atoms with Crippen LogP contribution in [0.2, 0.25) is 0 Å². The molecule has 0 bridgehead atoms. The second-order valence-electron chi connectivity index (χ2n) is 2.13. The third-order valence-electron chi connectivity index (χ3n) is 1.11. The van der Waals surface area contributed by atoms with Crippen LogP contribution >= 0.6 is 12.6 Å². The Labute approximate surface area is 68.7 Å². The van der Waals surface area contributed by atoms with Crippen LogP contribution in [0.1, 0.15) is 20.3 Å². The number of hydrogen-bond donors (Lipinski definition) is 1. The number of thiol groups is 1. The Morgan fingerprint density at radius 1 is 1.60 bits per heavy atom. The topological polar surface area (TPSA) is 0 Å². The average molecular weight is 154 g/mol. The summed E-state index contributed by atoms with van der Waals surface area (Å²) in [5, 5.41) is 0. The molecule has 0 rings (SSSR count). The normalized spacial score (nSPS) is 13.5. The van der Waals surface area contributed by atoms with E-state index >= 15 is 0 Å². The lowest BCUT2D eigenvalue weighted by Gasteiger charge is -1.91. The fraction of sp³-hybridized carbons (Fsp3) is 0.333. The molecule has 56 valence electrons. The molecule has 0 aromatic carbocycles. The van der Waals surface area contributed by atoms with Crippen LogP contribution in [0.5, 0.6) is 0 Å². The second kappa shape index (κ2) is 5.36. The third kappa shape index (κ3) is 4.45. The summed E-state index contributed by atoms with van der Waals surface area (Å²) in [6.45, 7) is 7.78. The summed E-state index contributed by atoms with van der Waals surface area (Å²) in [6, 6.07) is 0. The molecule has 0 saturated carbocycles. The summed E-state index contributed by atoms with van der Waals surface area (Å²) in [7, 11) is 0. The van der Waals surface area contributed by atoms with E-state index in [1.54, 1.807) is 6.08 Å². The first-order valence-corrected chi connectivity index (χ1v) is 3.85. The molecule has 0 aliphatic carbocycles. The SMILES string of the molecule is C=C/C(S)=C\C(C)=C/CC. The molecular weight excluding hydrogens is 140 g/mol. The van der Waals surface area contributed by atoms with Crippen molar-refractivity contribution in [3.8, 4) is 0 Å². The summed E-state index contributed by atoms with van der Waals surface area (Å²) in [4.78, 5) is 0.919. The lowest BCUT2D eigenvalue weighted by atomic mass is 10.2. The van der Waals surface area contributed by atoms with Gasteiger partial charge in [-0.15, -0.1) is 12.6 Å². The van der Waals surface area contributed by atoms with Crippen LogP contribution in [0.4, 0.5) is 0 Å². The van der Waals surface area contributed by atoms with Crippen molar-refractivity contribution in [3.63, 3.8) is 0 Å². The van der Waals surface area contributed by atoms with Gasteiger partial charge in [0.2, 0.25) is 0 Å². The monoisotopic (exact) mass is 154 g/mol. The Kier molecular flexibility index (Phi) is 5.13. The number of allylic oxidation sites excluding steroid dienone is 4. The lowest BCUT2D eigenvalue weighted by Crippen LogP contribution is -1.69. The lowest BCUT2D eigenvalue weighted by molar-refractivity contribution is 1.20. The van der Waals surface area contributed by atoms with E-state index < -0.39 is 0 Å². The van der Waals surface area contributed by atoms with E-state index in [0.29, 0.717) is 0 Å². The maximum Gasteiger partial charge on any atom is 0.00366 e. The first-order valence-electron chi connectivity index (χ1n) is 3.40. The van der Waals surface area contributed by atoms with Crippen LogP contribution in [0, 0.1) is 0 Å². The van der Waals surface area contributed by atoms with E-state index in [-0.39, 0.29) is 0 Å². The molecule has 0 heterocycles. The number of hydrogen-bond acceptors (Lipinski definition) is 1. The minimum absolute atomic E-state index is 0.919. The zero-order valence-corrected chi connectivity index (χ0v) is 7.49. The highest BCUT2D eigenvalue weighted by atomic mass is 32.1. The Balaban J connectivity index is 4.11. The van der Waals surface area contributed by atoms with Crippen LogP contribution in [-0.2, 0) is 0 Å². The standard InChI is InChI=1S/C9H14S/c1-4-6-8(3)7-9(10)5-2/h5-7,10H,2,4H2,1,3H3/b8-6-,9-7+. The summed E-state index contributed by atoms with van der Waals surface area (Å²) in [6.07, 6.45) is 6.95. The molecule has 0 radical (unpaired) electrons. The van der Waals surface area contributed by atoms with Crippen molar-refractivity contribution in [2.75, 3.05) is 0 Å². The smallest absolute Gasteiger partial charge is 0.00366 e. The van der Waals surface area contributed by atoms with Gasteiger partial charge in [0.1, 0.15) is 0 Å². The Hall–Kier alpha value is -0.430. The Morgan fingerprint density at radius 3 is 2.60 bits per heavy atom. The van der Waals surface area contributed by atoms with E-state index in [2.05, 4.69) is 39.1 Å². The summed E-state index contributed by atoms with van der Waals surface area (Å²) in [5.74, 6) is 0. The molecule has 0 fully saturated rings. The summed E-state index contributed by atoms with van der Waals surface area (Å²) < 4.78 is 0. The van der Waals surface area contributed by atoms with Crippen molar-refractivity contribution in [2.24, 2.45) is 0 Å². The average Bonchev–Trinajstić information content (AvgIpc) is 1.88. The van der Waals surface area contributed by atoms with Gasteiger partial charge < -0.3 is 0 Å². The van der Waals surface area contributed by atoms with E-state index in [1.807, 2.05) is 6.08 Å². The molecular formula is C9H14S. The van der Waals surface area contributed by atoms with Crippen LogP contribution in [-0.4, -0.2) is 0 Å². The zero-order chi connectivity index (χ0) is 7.98.